The smallest absolute Gasteiger partial charge is 0.146 e. The summed E-state index contributed by atoms with van der Waals surface area (Å²) < 4.78 is 14.0. The van der Waals surface area contributed by atoms with Gasteiger partial charge in [0, 0.05) is 29.7 Å². The van der Waals surface area contributed by atoms with Gasteiger partial charge < -0.3 is 10.2 Å². The van der Waals surface area contributed by atoms with E-state index >= 15 is 0 Å². The highest BCUT2D eigenvalue weighted by Gasteiger charge is 2.33. The summed E-state index contributed by atoms with van der Waals surface area (Å²) in [6, 6.07) is 5.01. The molecule has 0 bridgehead atoms. The lowest BCUT2D eigenvalue weighted by Crippen LogP contribution is -2.62. The number of benzene rings is 1. The first-order chi connectivity index (χ1) is 8.45. The first kappa shape index (κ1) is 13.6. The molecule has 1 saturated heterocycles. The average Bonchev–Trinajstić information content (AvgIpc) is 2.36. The molecule has 0 aliphatic carbocycles. The van der Waals surface area contributed by atoms with E-state index in [1.165, 1.54) is 6.07 Å². The molecular formula is C14H20ClFN2. The molecule has 1 aliphatic rings. The van der Waals surface area contributed by atoms with Gasteiger partial charge >= 0.3 is 0 Å². The number of nitrogens with zero attached hydrogens (tertiary/aromatic N) is 1. The summed E-state index contributed by atoms with van der Waals surface area (Å²) in [6.07, 6.45) is 1.01. The first-order valence-electron chi connectivity index (χ1n) is 6.42. The highest BCUT2D eigenvalue weighted by molar-refractivity contribution is 6.30. The summed E-state index contributed by atoms with van der Waals surface area (Å²) in [5.41, 5.74) is 0.637. The summed E-state index contributed by atoms with van der Waals surface area (Å²) in [4.78, 5) is 2.11. The molecule has 0 amide bonds. The van der Waals surface area contributed by atoms with Crippen molar-refractivity contribution in [3.8, 4) is 0 Å². The van der Waals surface area contributed by atoms with E-state index in [0.717, 1.165) is 19.5 Å². The SMILES string of the molecule is CCC1(C)CN(c2cc(Cl)ccc2F)C(C)CN1. The molecule has 1 aromatic rings. The fourth-order valence-corrected chi connectivity index (χ4v) is 2.52. The standard InChI is InChI=1S/C14H20ClFN2/c1-4-14(3)9-18(10(2)8-17-14)13-7-11(15)5-6-12(13)16/h5-7,10,17H,4,8-9H2,1-3H3. The van der Waals surface area contributed by atoms with E-state index in [2.05, 4.69) is 31.0 Å². The van der Waals surface area contributed by atoms with E-state index in [1.54, 1.807) is 12.1 Å². The quantitative estimate of drug-likeness (QED) is 0.886. The average molecular weight is 271 g/mol. The van der Waals surface area contributed by atoms with E-state index in [1.807, 2.05) is 0 Å². The zero-order chi connectivity index (χ0) is 13.3. The van der Waals surface area contributed by atoms with Gasteiger partial charge in [-0.1, -0.05) is 18.5 Å². The summed E-state index contributed by atoms with van der Waals surface area (Å²) in [5, 5.41) is 4.11. The minimum absolute atomic E-state index is 0.0290. The molecule has 4 heteroatoms. The molecule has 0 radical (unpaired) electrons. The fraction of sp³-hybridized carbons (Fsp3) is 0.571. The van der Waals surface area contributed by atoms with Gasteiger partial charge in [0.05, 0.1) is 5.69 Å². The van der Waals surface area contributed by atoms with Gasteiger partial charge in [-0.25, -0.2) is 4.39 Å². The van der Waals surface area contributed by atoms with Crippen molar-refractivity contribution in [2.24, 2.45) is 0 Å². The lowest BCUT2D eigenvalue weighted by molar-refractivity contribution is 0.284. The Morgan fingerprint density at radius 2 is 2.28 bits per heavy atom. The molecular weight excluding hydrogens is 251 g/mol. The van der Waals surface area contributed by atoms with Crippen LogP contribution in [0.5, 0.6) is 0 Å². The normalized spacial score (nSPS) is 28.5. The minimum atomic E-state index is -0.202. The van der Waals surface area contributed by atoms with Crippen LogP contribution in [0.15, 0.2) is 18.2 Å². The van der Waals surface area contributed by atoms with E-state index < -0.39 is 0 Å². The minimum Gasteiger partial charge on any atom is -0.363 e. The summed E-state index contributed by atoms with van der Waals surface area (Å²) >= 11 is 5.98. The lowest BCUT2D eigenvalue weighted by atomic mass is 9.93. The predicted octanol–water partition coefficient (Wildman–Crippen LogP) is 3.45. The number of nitrogens with one attached hydrogen (secondary N) is 1. The highest BCUT2D eigenvalue weighted by atomic mass is 35.5. The highest BCUT2D eigenvalue weighted by Crippen LogP contribution is 2.29. The maximum absolute atomic E-state index is 14.0. The number of hydrogen-bond donors (Lipinski definition) is 1. The molecule has 100 valence electrons. The largest absolute Gasteiger partial charge is 0.363 e. The third kappa shape index (κ3) is 2.62. The van der Waals surface area contributed by atoms with Gasteiger partial charge in [-0.05, 0) is 38.5 Å². The molecule has 1 aliphatic heterocycles. The van der Waals surface area contributed by atoms with Gasteiger partial charge in [0.2, 0.25) is 0 Å². The number of halogens is 2. The Morgan fingerprint density at radius 1 is 1.56 bits per heavy atom. The van der Waals surface area contributed by atoms with Gasteiger partial charge in [0.1, 0.15) is 5.82 Å². The molecule has 18 heavy (non-hydrogen) atoms. The molecule has 1 fully saturated rings. The molecule has 1 heterocycles. The lowest BCUT2D eigenvalue weighted by Gasteiger charge is -2.46. The molecule has 2 rings (SSSR count). The van der Waals surface area contributed by atoms with Crippen molar-refractivity contribution in [1.29, 1.82) is 0 Å². The van der Waals surface area contributed by atoms with Crippen molar-refractivity contribution >= 4 is 17.3 Å². The van der Waals surface area contributed by atoms with Gasteiger partial charge in [-0.3, -0.25) is 0 Å². The maximum atomic E-state index is 14.0. The van der Waals surface area contributed by atoms with Crippen LogP contribution in [0.25, 0.3) is 0 Å². The zero-order valence-electron chi connectivity index (χ0n) is 11.1. The summed E-state index contributed by atoms with van der Waals surface area (Å²) in [5.74, 6) is -0.202. The van der Waals surface area contributed by atoms with Crippen LogP contribution in [0.3, 0.4) is 0 Å². The van der Waals surface area contributed by atoms with Crippen LogP contribution in [0, 0.1) is 5.82 Å². The van der Waals surface area contributed by atoms with Crippen molar-refractivity contribution in [3.05, 3.63) is 29.0 Å². The third-order valence-electron chi connectivity index (χ3n) is 3.87. The van der Waals surface area contributed by atoms with Crippen LogP contribution in [0.2, 0.25) is 5.02 Å². The molecule has 0 spiro atoms. The van der Waals surface area contributed by atoms with Crippen LogP contribution >= 0.6 is 11.6 Å². The van der Waals surface area contributed by atoms with E-state index in [9.17, 15) is 4.39 Å². The molecule has 2 atom stereocenters. The van der Waals surface area contributed by atoms with Crippen LogP contribution in [-0.4, -0.2) is 24.7 Å². The van der Waals surface area contributed by atoms with Gasteiger partial charge in [0.25, 0.3) is 0 Å². The molecule has 1 N–H and O–H groups in total. The number of anilines is 1. The second kappa shape index (κ2) is 5.06. The van der Waals surface area contributed by atoms with E-state index in [4.69, 9.17) is 11.6 Å². The number of piperazine rings is 1. The van der Waals surface area contributed by atoms with Crippen molar-refractivity contribution in [1.82, 2.24) is 5.32 Å². The topological polar surface area (TPSA) is 15.3 Å². The monoisotopic (exact) mass is 270 g/mol. The van der Waals surface area contributed by atoms with Crippen LogP contribution in [0.1, 0.15) is 27.2 Å². The Labute approximate surface area is 113 Å². The molecule has 0 aromatic heterocycles. The fourth-order valence-electron chi connectivity index (χ4n) is 2.36. The Hall–Kier alpha value is -0.800. The van der Waals surface area contributed by atoms with Crippen LogP contribution < -0.4 is 10.2 Å². The Balaban J connectivity index is 2.32. The summed E-state index contributed by atoms with van der Waals surface area (Å²) in [6.45, 7) is 8.07. The zero-order valence-corrected chi connectivity index (χ0v) is 11.9. The Kier molecular flexibility index (Phi) is 3.83. The molecule has 0 saturated carbocycles. The Bertz CT molecular complexity index is 438. The van der Waals surface area contributed by atoms with Crippen molar-refractivity contribution in [2.45, 2.75) is 38.8 Å². The van der Waals surface area contributed by atoms with Gasteiger partial charge in [-0.15, -0.1) is 0 Å². The number of rotatable bonds is 2. The van der Waals surface area contributed by atoms with Crippen molar-refractivity contribution in [3.63, 3.8) is 0 Å². The third-order valence-corrected chi connectivity index (χ3v) is 4.11. The van der Waals surface area contributed by atoms with Gasteiger partial charge in [0.15, 0.2) is 0 Å². The first-order valence-corrected chi connectivity index (χ1v) is 6.80. The van der Waals surface area contributed by atoms with Gasteiger partial charge in [-0.2, -0.15) is 0 Å². The van der Waals surface area contributed by atoms with Crippen LogP contribution in [0.4, 0.5) is 10.1 Å². The molecule has 2 unspecified atom stereocenters. The molecule has 2 nitrogen and oxygen atoms in total. The second-order valence-corrected chi connectivity index (χ2v) is 5.80. The summed E-state index contributed by atoms with van der Waals surface area (Å²) in [7, 11) is 0. The van der Waals surface area contributed by atoms with Crippen molar-refractivity contribution < 1.29 is 4.39 Å². The predicted molar refractivity (Wildman–Crippen MR) is 74.9 cm³/mol. The van der Waals surface area contributed by atoms with Crippen molar-refractivity contribution in [2.75, 3.05) is 18.0 Å². The van der Waals surface area contributed by atoms with E-state index in [0.29, 0.717) is 10.7 Å². The molecule has 1 aromatic carbocycles. The van der Waals surface area contributed by atoms with Crippen LogP contribution in [-0.2, 0) is 0 Å². The maximum Gasteiger partial charge on any atom is 0.146 e. The number of hydrogen-bond acceptors (Lipinski definition) is 2. The Morgan fingerprint density at radius 3 is 2.94 bits per heavy atom. The van der Waals surface area contributed by atoms with E-state index in [-0.39, 0.29) is 17.4 Å². The second-order valence-electron chi connectivity index (χ2n) is 5.37.